The van der Waals surface area contributed by atoms with E-state index in [1.54, 1.807) is 23.1 Å². The van der Waals surface area contributed by atoms with E-state index in [9.17, 15) is 4.79 Å². The highest BCUT2D eigenvalue weighted by atomic mass is 16.1. The van der Waals surface area contributed by atoms with Gasteiger partial charge in [-0.05, 0) is 29.8 Å². The SMILES string of the molecule is O=C(Cc1cn(-c2ccccc2)nn1)Nc1ccc(-c2ccccc2)cn1. The summed E-state index contributed by atoms with van der Waals surface area (Å²) >= 11 is 0. The highest BCUT2D eigenvalue weighted by Gasteiger charge is 2.09. The Bertz CT molecular complexity index is 1030. The third kappa shape index (κ3) is 4.07. The fraction of sp³-hybridized carbons (Fsp3) is 0.0476. The Labute approximate surface area is 156 Å². The molecule has 1 N–H and O–H groups in total. The summed E-state index contributed by atoms with van der Waals surface area (Å²) in [7, 11) is 0. The van der Waals surface area contributed by atoms with Crippen molar-refractivity contribution in [1.29, 1.82) is 0 Å². The number of amides is 1. The molecule has 0 saturated heterocycles. The molecule has 2 aromatic carbocycles. The molecular formula is C21H17N5O. The summed E-state index contributed by atoms with van der Waals surface area (Å²) in [5.74, 6) is 0.324. The second-order valence-corrected chi connectivity index (χ2v) is 6.01. The van der Waals surface area contributed by atoms with E-state index in [1.807, 2.05) is 66.7 Å². The number of aromatic nitrogens is 4. The maximum atomic E-state index is 12.3. The Balaban J connectivity index is 1.39. The van der Waals surface area contributed by atoms with Crippen molar-refractivity contribution in [2.75, 3.05) is 5.32 Å². The van der Waals surface area contributed by atoms with Gasteiger partial charge < -0.3 is 5.32 Å². The number of benzene rings is 2. The zero-order valence-electron chi connectivity index (χ0n) is 14.5. The van der Waals surface area contributed by atoms with E-state index in [-0.39, 0.29) is 12.3 Å². The minimum Gasteiger partial charge on any atom is -0.310 e. The highest BCUT2D eigenvalue weighted by Crippen LogP contribution is 2.19. The van der Waals surface area contributed by atoms with E-state index in [2.05, 4.69) is 20.6 Å². The topological polar surface area (TPSA) is 72.7 Å². The van der Waals surface area contributed by atoms with Crippen molar-refractivity contribution in [3.8, 4) is 16.8 Å². The Hall–Kier alpha value is -3.80. The third-order valence-electron chi connectivity index (χ3n) is 4.04. The van der Waals surface area contributed by atoms with E-state index >= 15 is 0 Å². The molecule has 0 saturated carbocycles. The van der Waals surface area contributed by atoms with Gasteiger partial charge in [-0.2, -0.15) is 0 Å². The smallest absolute Gasteiger partial charge is 0.231 e. The van der Waals surface area contributed by atoms with Gasteiger partial charge in [0.15, 0.2) is 0 Å². The number of carbonyl (C=O) groups excluding carboxylic acids is 1. The van der Waals surface area contributed by atoms with Gasteiger partial charge in [0.2, 0.25) is 5.91 Å². The maximum absolute atomic E-state index is 12.3. The second-order valence-electron chi connectivity index (χ2n) is 6.01. The fourth-order valence-electron chi connectivity index (χ4n) is 2.71. The third-order valence-corrected chi connectivity index (χ3v) is 4.04. The van der Waals surface area contributed by atoms with E-state index in [4.69, 9.17) is 0 Å². The molecule has 4 aromatic rings. The van der Waals surface area contributed by atoms with E-state index in [0.717, 1.165) is 16.8 Å². The van der Waals surface area contributed by atoms with Crippen molar-refractivity contribution in [3.63, 3.8) is 0 Å². The lowest BCUT2D eigenvalue weighted by Crippen LogP contribution is -2.15. The van der Waals surface area contributed by atoms with Crippen molar-refractivity contribution >= 4 is 11.7 Å². The van der Waals surface area contributed by atoms with Crippen molar-refractivity contribution in [2.45, 2.75) is 6.42 Å². The Morgan fingerprint density at radius 3 is 2.33 bits per heavy atom. The molecule has 132 valence electrons. The Morgan fingerprint density at radius 2 is 1.63 bits per heavy atom. The molecule has 2 aromatic heterocycles. The quantitative estimate of drug-likeness (QED) is 0.595. The van der Waals surface area contributed by atoms with Crippen molar-refractivity contribution in [3.05, 3.63) is 90.9 Å². The number of para-hydroxylation sites is 1. The number of anilines is 1. The Morgan fingerprint density at radius 1 is 0.889 bits per heavy atom. The van der Waals surface area contributed by atoms with Gasteiger partial charge >= 0.3 is 0 Å². The van der Waals surface area contributed by atoms with Crippen LogP contribution in [-0.4, -0.2) is 25.9 Å². The molecule has 0 aliphatic heterocycles. The van der Waals surface area contributed by atoms with Crippen LogP contribution in [0.3, 0.4) is 0 Å². The van der Waals surface area contributed by atoms with Gasteiger partial charge in [0.25, 0.3) is 0 Å². The summed E-state index contributed by atoms with van der Waals surface area (Å²) in [5, 5.41) is 10.9. The zero-order valence-corrected chi connectivity index (χ0v) is 14.5. The molecule has 0 bridgehead atoms. The summed E-state index contributed by atoms with van der Waals surface area (Å²) in [5.41, 5.74) is 3.58. The number of hydrogen-bond acceptors (Lipinski definition) is 4. The first-order chi connectivity index (χ1) is 13.3. The molecule has 0 unspecified atom stereocenters. The molecule has 2 heterocycles. The normalized spacial score (nSPS) is 10.5. The molecule has 1 amide bonds. The molecule has 0 spiro atoms. The molecular weight excluding hydrogens is 338 g/mol. The summed E-state index contributed by atoms with van der Waals surface area (Å²) in [6.45, 7) is 0. The van der Waals surface area contributed by atoms with E-state index in [0.29, 0.717) is 11.5 Å². The van der Waals surface area contributed by atoms with Crippen LogP contribution in [-0.2, 0) is 11.2 Å². The zero-order chi connectivity index (χ0) is 18.5. The number of hydrogen-bond donors (Lipinski definition) is 1. The number of rotatable bonds is 5. The summed E-state index contributed by atoms with van der Waals surface area (Å²) < 4.78 is 1.65. The molecule has 0 fully saturated rings. The van der Waals surface area contributed by atoms with Crippen molar-refractivity contribution in [2.24, 2.45) is 0 Å². The minimum atomic E-state index is -0.185. The number of pyridine rings is 1. The summed E-state index contributed by atoms with van der Waals surface area (Å²) in [4.78, 5) is 16.6. The first-order valence-electron chi connectivity index (χ1n) is 8.56. The molecule has 6 nitrogen and oxygen atoms in total. The van der Waals surface area contributed by atoms with Crippen LogP contribution in [0.15, 0.2) is 85.2 Å². The number of carbonyl (C=O) groups is 1. The van der Waals surface area contributed by atoms with Crippen molar-refractivity contribution < 1.29 is 4.79 Å². The fourth-order valence-corrected chi connectivity index (χ4v) is 2.71. The molecule has 0 atom stereocenters. The summed E-state index contributed by atoms with van der Waals surface area (Å²) in [6, 6.07) is 23.3. The highest BCUT2D eigenvalue weighted by molar-refractivity contribution is 5.91. The van der Waals surface area contributed by atoms with E-state index in [1.165, 1.54) is 0 Å². The molecule has 0 aliphatic rings. The van der Waals surface area contributed by atoms with Crippen LogP contribution in [0.4, 0.5) is 5.82 Å². The van der Waals surface area contributed by atoms with Gasteiger partial charge in [-0.25, -0.2) is 9.67 Å². The van der Waals surface area contributed by atoms with Crippen LogP contribution >= 0.6 is 0 Å². The van der Waals surface area contributed by atoms with Gasteiger partial charge in [-0.1, -0.05) is 53.7 Å². The van der Waals surface area contributed by atoms with Crippen LogP contribution in [0.2, 0.25) is 0 Å². The van der Waals surface area contributed by atoms with Gasteiger partial charge in [0.1, 0.15) is 5.82 Å². The van der Waals surface area contributed by atoms with Crippen LogP contribution in [0.5, 0.6) is 0 Å². The molecule has 27 heavy (non-hydrogen) atoms. The molecule has 6 heteroatoms. The molecule has 4 rings (SSSR count). The largest absolute Gasteiger partial charge is 0.310 e. The molecule has 0 radical (unpaired) electrons. The van der Waals surface area contributed by atoms with Crippen LogP contribution in [0.25, 0.3) is 16.8 Å². The first-order valence-corrected chi connectivity index (χ1v) is 8.56. The average molecular weight is 355 g/mol. The van der Waals surface area contributed by atoms with Gasteiger partial charge in [-0.3, -0.25) is 4.79 Å². The second kappa shape index (κ2) is 7.61. The lowest BCUT2D eigenvalue weighted by atomic mass is 10.1. The maximum Gasteiger partial charge on any atom is 0.231 e. The van der Waals surface area contributed by atoms with Gasteiger partial charge in [-0.15, -0.1) is 5.10 Å². The summed E-state index contributed by atoms with van der Waals surface area (Å²) in [6.07, 6.45) is 3.63. The molecule has 0 aliphatic carbocycles. The van der Waals surface area contributed by atoms with E-state index < -0.39 is 0 Å². The van der Waals surface area contributed by atoms with Gasteiger partial charge in [0, 0.05) is 11.8 Å². The Kier molecular flexibility index (Phi) is 4.70. The predicted octanol–water partition coefficient (Wildman–Crippen LogP) is 3.51. The minimum absolute atomic E-state index is 0.134. The monoisotopic (exact) mass is 355 g/mol. The lowest BCUT2D eigenvalue weighted by molar-refractivity contribution is -0.115. The standard InChI is InChI=1S/C21H17N5O/c27-21(13-18-15-26(25-24-18)19-9-5-2-6-10-19)23-20-12-11-17(14-22-20)16-7-3-1-4-8-16/h1-12,14-15H,13H2,(H,22,23,27). The van der Waals surface area contributed by atoms with Gasteiger partial charge in [0.05, 0.1) is 24.0 Å². The first kappa shape index (κ1) is 16.7. The van der Waals surface area contributed by atoms with Crippen LogP contribution < -0.4 is 5.32 Å². The van der Waals surface area contributed by atoms with Crippen LogP contribution in [0, 0.1) is 0 Å². The number of nitrogens with zero attached hydrogens (tertiary/aromatic N) is 4. The lowest BCUT2D eigenvalue weighted by Gasteiger charge is -2.05. The predicted molar refractivity (Wildman–Crippen MR) is 103 cm³/mol. The average Bonchev–Trinajstić information content (AvgIpc) is 3.18. The van der Waals surface area contributed by atoms with Crippen molar-refractivity contribution in [1.82, 2.24) is 20.0 Å². The number of nitrogens with one attached hydrogen (secondary N) is 1. The van der Waals surface area contributed by atoms with Crippen LogP contribution in [0.1, 0.15) is 5.69 Å².